The zero-order chi connectivity index (χ0) is 12.3. The molecule has 1 heterocycles. The molecule has 0 saturated heterocycles. The molecule has 0 radical (unpaired) electrons. The van der Waals surface area contributed by atoms with Gasteiger partial charge in [0.15, 0.2) is 0 Å². The van der Waals surface area contributed by atoms with Gasteiger partial charge in [0.1, 0.15) is 5.75 Å². The highest BCUT2D eigenvalue weighted by molar-refractivity contribution is 9.11. The Morgan fingerprint density at radius 2 is 2.00 bits per heavy atom. The molecular weight excluding hydrogens is 300 g/mol. The highest BCUT2D eigenvalue weighted by Gasteiger charge is 2.13. The fourth-order valence-electron chi connectivity index (χ4n) is 1.66. The number of hydrazine groups is 1. The molecule has 1 aromatic carbocycles. The number of halogens is 1. The third kappa shape index (κ3) is 2.87. The molecule has 0 saturated carbocycles. The first-order valence-corrected chi connectivity index (χ1v) is 6.76. The summed E-state index contributed by atoms with van der Waals surface area (Å²) in [5.41, 5.74) is 5.09. The van der Waals surface area contributed by atoms with Gasteiger partial charge in [-0.2, -0.15) is 0 Å². The van der Waals surface area contributed by atoms with Crippen LogP contribution in [0.4, 0.5) is 0 Å². The van der Waals surface area contributed by atoms with Crippen LogP contribution in [0.1, 0.15) is 17.2 Å². The lowest BCUT2D eigenvalue weighted by atomic mass is 10.0. The molecule has 90 valence electrons. The van der Waals surface area contributed by atoms with Gasteiger partial charge in [-0.1, -0.05) is 12.1 Å². The Labute approximate surface area is 113 Å². The van der Waals surface area contributed by atoms with E-state index in [2.05, 4.69) is 32.8 Å². The van der Waals surface area contributed by atoms with Crippen LogP contribution in [0.3, 0.4) is 0 Å². The van der Waals surface area contributed by atoms with E-state index in [1.165, 1.54) is 0 Å². The van der Waals surface area contributed by atoms with Gasteiger partial charge in [-0.05, 0) is 50.6 Å². The molecule has 1 atom stereocenters. The summed E-state index contributed by atoms with van der Waals surface area (Å²) in [6.07, 6.45) is 0. The van der Waals surface area contributed by atoms with Crippen molar-refractivity contribution in [2.75, 3.05) is 7.11 Å². The number of hydrogen-bond acceptors (Lipinski definition) is 4. The fraction of sp³-hybridized carbons (Fsp3) is 0.167. The quantitative estimate of drug-likeness (QED) is 0.674. The average Bonchev–Trinajstić information content (AvgIpc) is 2.78. The van der Waals surface area contributed by atoms with Gasteiger partial charge < -0.3 is 4.74 Å². The van der Waals surface area contributed by atoms with Crippen molar-refractivity contribution < 1.29 is 4.74 Å². The van der Waals surface area contributed by atoms with E-state index in [4.69, 9.17) is 10.6 Å². The highest BCUT2D eigenvalue weighted by atomic mass is 79.9. The molecule has 1 unspecified atom stereocenters. The second-order valence-electron chi connectivity index (χ2n) is 3.56. The molecule has 1 aromatic heterocycles. The standard InChI is InChI=1S/C12H13BrN2OS/c1-16-10-4-2-8(3-5-10)12(15-14)9-6-11(13)17-7-9/h2-7,12,15H,14H2,1H3. The van der Waals surface area contributed by atoms with Crippen molar-refractivity contribution in [1.29, 1.82) is 0 Å². The van der Waals surface area contributed by atoms with Crippen LogP contribution in [-0.4, -0.2) is 7.11 Å². The van der Waals surface area contributed by atoms with Crippen molar-refractivity contribution in [3.05, 3.63) is 50.6 Å². The van der Waals surface area contributed by atoms with E-state index in [1.807, 2.05) is 24.3 Å². The number of rotatable bonds is 4. The number of nitrogens with two attached hydrogens (primary N) is 1. The van der Waals surface area contributed by atoms with E-state index >= 15 is 0 Å². The second-order valence-corrected chi connectivity index (χ2v) is 5.85. The van der Waals surface area contributed by atoms with Gasteiger partial charge in [0.05, 0.1) is 16.9 Å². The third-order valence-electron chi connectivity index (χ3n) is 2.54. The molecule has 5 heteroatoms. The minimum Gasteiger partial charge on any atom is -0.497 e. The van der Waals surface area contributed by atoms with Crippen LogP contribution in [0, 0.1) is 0 Å². The zero-order valence-electron chi connectivity index (χ0n) is 9.31. The molecule has 0 amide bonds. The molecule has 0 aliphatic heterocycles. The van der Waals surface area contributed by atoms with Crippen LogP contribution in [-0.2, 0) is 0 Å². The summed E-state index contributed by atoms with van der Waals surface area (Å²) >= 11 is 5.10. The maximum atomic E-state index is 5.62. The molecule has 0 spiro atoms. The highest BCUT2D eigenvalue weighted by Crippen LogP contribution is 2.29. The topological polar surface area (TPSA) is 47.3 Å². The summed E-state index contributed by atoms with van der Waals surface area (Å²) in [6.45, 7) is 0. The predicted molar refractivity (Wildman–Crippen MR) is 74.2 cm³/mol. The smallest absolute Gasteiger partial charge is 0.118 e. The third-order valence-corrected chi connectivity index (χ3v) is 4.06. The van der Waals surface area contributed by atoms with Gasteiger partial charge in [-0.15, -0.1) is 11.3 Å². The molecule has 3 N–H and O–H groups in total. The van der Waals surface area contributed by atoms with Crippen LogP contribution in [0.5, 0.6) is 5.75 Å². The number of thiophene rings is 1. The molecule has 0 fully saturated rings. The first-order chi connectivity index (χ1) is 8.24. The molecule has 0 bridgehead atoms. The number of methoxy groups -OCH3 is 1. The summed E-state index contributed by atoms with van der Waals surface area (Å²) in [4.78, 5) is 0. The Morgan fingerprint density at radius 3 is 2.47 bits per heavy atom. The van der Waals surface area contributed by atoms with E-state index in [1.54, 1.807) is 18.4 Å². The van der Waals surface area contributed by atoms with Crippen LogP contribution in [0.2, 0.25) is 0 Å². The Morgan fingerprint density at radius 1 is 1.29 bits per heavy atom. The van der Waals surface area contributed by atoms with Crippen LogP contribution >= 0.6 is 27.3 Å². The minimum atomic E-state index is 0.00320. The molecule has 2 rings (SSSR count). The first-order valence-electron chi connectivity index (χ1n) is 5.08. The van der Waals surface area contributed by atoms with Gasteiger partial charge in [0, 0.05) is 0 Å². The van der Waals surface area contributed by atoms with Gasteiger partial charge in [-0.3, -0.25) is 5.84 Å². The predicted octanol–water partition coefficient (Wildman–Crippen LogP) is 3.07. The van der Waals surface area contributed by atoms with Gasteiger partial charge in [0.2, 0.25) is 0 Å². The van der Waals surface area contributed by atoms with E-state index in [-0.39, 0.29) is 6.04 Å². The summed E-state index contributed by atoms with van der Waals surface area (Å²) in [7, 11) is 1.66. The van der Waals surface area contributed by atoms with E-state index < -0.39 is 0 Å². The molecule has 0 aliphatic carbocycles. The molecule has 17 heavy (non-hydrogen) atoms. The second kappa shape index (κ2) is 5.64. The molecule has 3 nitrogen and oxygen atoms in total. The lowest BCUT2D eigenvalue weighted by molar-refractivity contribution is 0.414. The molecular formula is C12H13BrN2OS. The fourth-order valence-corrected chi connectivity index (χ4v) is 2.86. The van der Waals surface area contributed by atoms with Gasteiger partial charge in [0.25, 0.3) is 0 Å². The average molecular weight is 313 g/mol. The Hall–Kier alpha value is -0.880. The van der Waals surface area contributed by atoms with Crippen molar-refractivity contribution in [2.45, 2.75) is 6.04 Å². The van der Waals surface area contributed by atoms with Crippen LogP contribution in [0.15, 0.2) is 39.5 Å². The van der Waals surface area contributed by atoms with E-state index in [0.717, 1.165) is 20.7 Å². The maximum absolute atomic E-state index is 5.62. The number of ether oxygens (including phenoxy) is 1. The molecule has 0 aliphatic rings. The Kier molecular flexibility index (Phi) is 4.17. The maximum Gasteiger partial charge on any atom is 0.118 e. The first kappa shape index (κ1) is 12.6. The Bertz CT molecular complexity index is 484. The summed E-state index contributed by atoms with van der Waals surface area (Å²) in [6, 6.07) is 9.95. The Balaban J connectivity index is 2.28. The van der Waals surface area contributed by atoms with Gasteiger partial charge in [-0.25, -0.2) is 5.43 Å². The zero-order valence-corrected chi connectivity index (χ0v) is 11.7. The van der Waals surface area contributed by atoms with Crippen molar-refractivity contribution in [3.8, 4) is 5.75 Å². The normalized spacial score (nSPS) is 12.4. The van der Waals surface area contributed by atoms with Crippen molar-refractivity contribution >= 4 is 27.3 Å². The van der Waals surface area contributed by atoms with Crippen molar-refractivity contribution in [2.24, 2.45) is 5.84 Å². The SMILES string of the molecule is COc1ccc(C(NN)c2csc(Br)c2)cc1. The summed E-state index contributed by atoms with van der Waals surface area (Å²) in [5.74, 6) is 6.47. The van der Waals surface area contributed by atoms with Gasteiger partial charge >= 0.3 is 0 Å². The molecule has 2 aromatic rings. The van der Waals surface area contributed by atoms with E-state index in [9.17, 15) is 0 Å². The number of nitrogens with one attached hydrogen (secondary N) is 1. The number of benzene rings is 1. The largest absolute Gasteiger partial charge is 0.497 e. The summed E-state index contributed by atoms with van der Waals surface area (Å²) in [5, 5.41) is 2.08. The van der Waals surface area contributed by atoms with E-state index in [0.29, 0.717) is 0 Å². The lowest BCUT2D eigenvalue weighted by Crippen LogP contribution is -2.28. The summed E-state index contributed by atoms with van der Waals surface area (Å²) < 4.78 is 6.23. The number of hydrogen-bond donors (Lipinski definition) is 2. The van der Waals surface area contributed by atoms with Crippen LogP contribution < -0.4 is 16.0 Å². The minimum absolute atomic E-state index is 0.00320. The van der Waals surface area contributed by atoms with Crippen LogP contribution in [0.25, 0.3) is 0 Å². The lowest BCUT2D eigenvalue weighted by Gasteiger charge is -2.15. The van der Waals surface area contributed by atoms with Crippen molar-refractivity contribution in [3.63, 3.8) is 0 Å². The van der Waals surface area contributed by atoms with Crippen molar-refractivity contribution in [1.82, 2.24) is 5.43 Å². The monoisotopic (exact) mass is 312 g/mol.